The molecule has 0 heterocycles. The third-order valence-corrected chi connectivity index (χ3v) is 2.11. The number of carbonyl (C=O) groups excluding carboxylic acids is 3. The van der Waals surface area contributed by atoms with Gasteiger partial charge in [0.2, 0.25) is 0 Å². The van der Waals surface area contributed by atoms with Gasteiger partial charge < -0.3 is 25.9 Å². The molecule has 21 heavy (non-hydrogen) atoms. The zero-order valence-electron chi connectivity index (χ0n) is 11.9. The maximum atomic E-state index is 10.6. The third-order valence-electron chi connectivity index (χ3n) is 2.11. The van der Waals surface area contributed by atoms with Crippen molar-refractivity contribution in [3.8, 4) is 0 Å². The van der Waals surface area contributed by atoms with Gasteiger partial charge in [0.05, 0.1) is 0 Å². The van der Waals surface area contributed by atoms with E-state index in [1.54, 1.807) is 6.92 Å². The van der Waals surface area contributed by atoms with Crippen LogP contribution in [0.3, 0.4) is 0 Å². The molecule has 0 aliphatic heterocycles. The summed E-state index contributed by atoms with van der Waals surface area (Å²) in [5, 5.41) is 6.71. The lowest BCUT2D eigenvalue weighted by molar-refractivity contribution is -0.142. The number of hydrogen-bond acceptors (Lipinski definition) is 8. The average molecular weight is 302 g/mol. The van der Waals surface area contributed by atoms with Crippen molar-refractivity contribution in [1.29, 1.82) is 0 Å². The molecule has 0 rings (SSSR count). The number of nitrogens with two attached hydrogens (primary N) is 2. The van der Waals surface area contributed by atoms with Gasteiger partial charge in [-0.3, -0.25) is 4.79 Å². The summed E-state index contributed by atoms with van der Waals surface area (Å²) in [6.07, 6.45) is -0.879. The van der Waals surface area contributed by atoms with Gasteiger partial charge in [-0.1, -0.05) is 17.2 Å². The molecule has 0 saturated carbocycles. The van der Waals surface area contributed by atoms with Crippen LogP contribution in [0, 0.1) is 5.92 Å². The fourth-order valence-corrected chi connectivity index (χ4v) is 1.32. The molecule has 0 radical (unpaired) electrons. The Balaban J connectivity index is 4.82. The van der Waals surface area contributed by atoms with E-state index in [0.717, 1.165) is 6.92 Å². The molecule has 0 aromatic carbocycles. The van der Waals surface area contributed by atoms with Gasteiger partial charge in [-0.15, -0.1) is 0 Å². The van der Waals surface area contributed by atoms with Crippen LogP contribution in [-0.4, -0.2) is 36.2 Å². The molecule has 118 valence electrons. The number of nitrogens with zero attached hydrogens (tertiary/aromatic N) is 2. The summed E-state index contributed by atoms with van der Waals surface area (Å²) in [4.78, 5) is 40.4. The number of carbonyl (C=O) groups is 3. The van der Waals surface area contributed by atoms with Gasteiger partial charge in [0, 0.05) is 26.2 Å². The van der Waals surface area contributed by atoms with Crippen LogP contribution in [0.15, 0.2) is 10.3 Å². The standard InChI is InChI=1S/C11H18N4O6/c1-6(4-9(12)14-20-7(2)17)10(19-5-16)11(13)15-21-8(3)18/h5-6,10H,4H2,1-3H3,(H2,12,14)(H2,13,15). The van der Waals surface area contributed by atoms with Crippen LogP contribution in [0.25, 0.3) is 0 Å². The molecule has 2 unspecified atom stereocenters. The second-order valence-electron chi connectivity index (χ2n) is 4.10. The first-order chi connectivity index (χ1) is 9.77. The molecule has 0 aromatic heterocycles. The Morgan fingerprint density at radius 3 is 2.14 bits per heavy atom. The second kappa shape index (κ2) is 9.28. The predicted molar refractivity (Wildman–Crippen MR) is 71.5 cm³/mol. The largest absolute Gasteiger partial charge is 0.456 e. The minimum Gasteiger partial charge on any atom is -0.456 e. The van der Waals surface area contributed by atoms with Crippen molar-refractivity contribution in [1.82, 2.24) is 0 Å². The third kappa shape index (κ3) is 8.18. The van der Waals surface area contributed by atoms with Crippen molar-refractivity contribution in [2.24, 2.45) is 27.7 Å². The second-order valence-corrected chi connectivity index (χ2v) is 4.10. The summed E-state index contributed by atoms with van der Waals surface area (Å²) in [7, 11) is 0. The molecule has 0 saturated heterocycles. The average Bonchev–Trinajstić information content (AvgIpc) is 2.39. The smallest absolute Gasteiger partial charge is 0.332 e. The molecule has 10 heteroatoms. The van der Waals surface area contributed by atoms with Crippen molar-refractivity contribution < 1.29 is 28.8 Å². The van der Waals surface area contributed by atoms with Crippen LogP contribution in [0.2, 0.25) is 0 Å². The molecule has 0 aliphatic rings. The molecule has 10 nitrogen and oxygen atoms in total. The maximum Gasteiger partial charge on any atom is 0.332 e. The lowest BCUT2D eigenvalue weighted by Crippen LogP contribution is -2.38. The Bertz CT molecular complexity index is 448. The minimum atomic E-state index is -0.979. The van der Waals surface area contributed by atoms with Crippen molar-refractivity contribution in [2.45, 2.75) is 33.3 Å². The highest BCUT2D eigenvalue weighted by Crippen LogP contribution is 2.12. The predicted octanol–water partition coefficient (Wildman–Crippen LogP) is -0.775. The first-order valence-corrected chi connectivity index (χ1v) is 5.87. The minimum absolute atomic E-state index is 0.00233. The summed E-state index contributed by atoms with van der Waals surface area (Å²) >= 11 is 0. The lowest BCUT2D eigenvalue weighted by Gasteiger charge is -2.20. The van der Waals surface area contributed by atoms with E-state index < -0.39 is 24.0 Å². The normalized spacial score (nSPS) is 14.8. The summed E-state index contributed by atoms with van der Waals surface area (Å²) in [6.45, 7) is 4.12. The maximum absolute atomic E-state index is 10.6. The molecule has 0 spiro atoms. The number of ether oxygens (including phenoxy) is 1. The lowest BCUT2D eigenvalue weighted by atomic mass is 9.99. The first kappa shape index (κ1) is 18.4. The fourth-order valence-electron chi connectivity index (χ4n) is 1.32. The molecule has 0 bridgehead atoms. The van der Waals surface area contributed by atoms with Crippen LogP contribution in [0.5, 0.6) is 0 Å². The van der Waals surface area contributed by atoms with Gasteiger partial charge in [-0.05, 0) is 0 Å². The fraction of sp³-hybridized carbons (Fsp3) is 0.545. The molecule has 0 fully saturated rings. The van der Waals surface area contributed by atoms with Gasteiger partial charge in [0.25, 0.3) is 6.47 Å². The van der Waals surface area contributed by atoms with Crippen molar-refractivity contribution in [3.63, 3.8) is 0 Å². The Kier molecular flexibility index (Phi) is 8.11. The summed E-state index contributed by atoms with van der Waals surface area (Å²) in [6, 6.07) is 0. The van der Waals surface area contributed by atoms with Crippen molar-refractivity contribution >= 4 is 30.1 Å². The monoisotopic (exact) mass is 302 g/mol. The van der Waals surface area contributed by atoms with Crippen LogP contribution in [0.4, 0.5) is 0 Å². The van der Waals surface area contributed by atoms with E-state index in [2.05, 4.69) is 20.0 Å². The van der Waals surface area contributed by atoms with E-state index in [-0.39, 0.29) is 24.6 Å². The highest BCUT2D eigenvalue weighted by atomic mass is 16.7. The number of hydrogen-bond donors (Lipinski definition) is 2. The quantitative estimate of drug-likeness (QED) is 0.194. The van der Waals surface area contributed by atoms with Gasteiger partial charge in [0.15, 0.2) is 11.9 Å². The summed E-state index contributed by atoms with van der Waals surface area (Å²) in [5.74, 6) is -1.97. The summed E-state index contributed by atoms with van der Waals surface area (Å²) < 4.78 is 4.78. The molecule has 4 N–H and O–H groups in total. The molecule has 0 aromatic rings. The van der Waals surface area contributed by atoms with Crippen molar-refractivity contribution in [3.05, 3.63) is 0 Å². The van der Waals surface area contributed by atoms with Gasteiger partial charge in [-0.2, -0.15) is 0 Å². The number of amidine groups is 2. The van der Waals surface area contributed by atoms with Crippen LogP contribution < -0.4 is 11.5 Å². The molecule has 0 aliphatic carbocycles. The molecular formula is C11H18N4O6. The van der Waals surface area contributed by atoms with E-state index in [0.29, 0.717) is 0 Å². The first-order valence-electron chi connectivity index (χ1n) is 5.87. The molecule has 0 amide bonds. The summed E-state index contributed by atoms with van der Waals surface area (Å²) in [5.41, 5.74) is 11.1. The van der Waals surface area contributed by atoms with Crippen LogP contribution >= 0.6 is 0 Å². The van der Waals surface area contributed by atoms with Gasteiger partial charge >= 0.3 is 11.9 Å². The van der Waals surface area contributed by atoms with Crippen LogP contribution in [0.1, 0.15) is 27.2 Å². The Labute approximate surface area is 121 Å². The zero-order chi connectivity index (χ0) is 16.4. The van der Waals surface area contributed by atoms with Gasteiger partial charge in [0.1, 0.15) is 5.84 Å². The van der Waals surface area contributed by atoms with Crippen LogP contribution in [-0.2, 0) is 28.8 Å². The molecule has 2 atom stereocenters. The SMILES string of the molecule is CC(=O)ON=C(N)CC(C)C(OC=O)C(N)=NOC(C)=O. The zero-order valence-corrected chi connectivity index (χ0v) is 11.9. The Morgan fingerprint density at radius 2 is 1.67 bits per heavy atom. The van der Waals surface area contributed by atoms with Crippen molar-refractivity contribution in [2.75, 3.05) is 0 Å². The van der Waals surface area contributed by atoms with E-state index in [1.165, 1.54) is 6.92 Å². The van der Waals surface area contributed by atoms with E-state index >= 15 is 0 Å². The number of oxime groups is 2. The number of rotatable bonds is 8. The van der Waals surface area contributed by atoms with E-state index in [1.807, 2.05) is 0 Å². The highest BCUT2D eigenvalue weighted by Gasteiger charge is 2.25. The Hall–Kier alpha value is -2.65. The molecular weight excluding hydrogens is 284 g/mol. The Morgan fingerprint density at radius 1 is 1.14 bits per heavy atom. The van der Waals surface area contributed by atoms with E-state index in [9.17, 15) is 14.4 Å². The highest BCUT2D eigenvalue weighted by molar-refractivity contribution is 5.87. The topological polar surface area (TPSA) is 156 Å². The van der Waals surface area contributed by atoms with E-state index in [4.69, 9.17) is 16.2 Å². The van der Waals surface area contributed by atoms with Gasteiger partial charge in [-0.25, -0.2) is 9.59 Å².